The van der Waals surface area contributed by atoms with Gasteiger partial charge in [-0.3, -0.25) is 9.10 Å². The molecule has 1 unspecified atom stereocenters. The maximum absolute atomic E-state index is 12.4. The van der Waals surface area contributed by atoms with Crippen LogP contribution in [-0.2, 0) is 21.2 Å². The second kappa shape index (κ2) is 7.55. The number of ether oxygens (including phenoxy) is 1. The second-order valence-electron chi connectivity index (χ2n) is 6.04. The normalized spacial score (nSPS) is 16.5. The molecule has 1 aliphatic rings. The molecule has 6 nitrogen and oxygen atoms in total. The monoisotopic (exact) mass is 394 g/mol. The second-order valence-corrected chi connectivity index (χ2v) is 8.38. The number of para-hydroxylation sites is 2. The lowest BCUT2D eigenvalue weighted by atomic mass is 10.1. The zero-order valence-corrected chi connectivity index (χ0v) is 15.8. The van der Waals surface area contributed by atoms with Gasteiger partial charge in [0.25, 0.3) is 5.91 Å². The molecule has 26 heavy (non-hydrogen) atoms. The van der Waals surface area contributed by atoms with Crippen LogP contribution in [0.1, 0.15) is 5.56 Å². The summed E-state index contributed by atoms with van der Waals surface area (Å²) >= 11 is 5.85. The predicted molar refractivity (Wildman–Crippen MR) is 101 cm³/mol. The number of nitrogens with one attached hydrogen (secondary N) is 1. The van der Waals surface area contributed by atoms with Crippen molar-refractivity contribution in [3.05, 3.63) is 59.1 Å². The van der Waals surface area contributed by atoms with Crippen LogP contribution in [0.15, 0.2) is 48.5 Å². The standard InChI is InChI=1S/C18H19ClN2O4S/c1-26(23,24)21-12-17(25-16-5-3-2-4-15(16)21)18(22)20-11-10-13-6-8-14(19)9-7-13/h2-9,17H,10-12H2,1H3,(H,20,22). The van der Waals surface area contributed by atoms with E-state index < -0.39 is 16.1 Å². The van der Waals surface area contributed by atoms with Crippen LogP contribution in [0.2, 0.25) is 5.02 Å². The Kier molecular flexibility index (Phi) is 5.38. The van der Waals surface area contributed by atoms with Gasteiger partial charge in [0.2, 0.25) is 10.0 Å². The SMILES string of the molecule is CS(=O)(=O)N1CC(C(=O)NCCc2ccc(Cl)cc2)Oc2ccccc21. The van der Waals surface area contributed by atoms with Gasteiger partial charge in [0.05, 0.1) is 18.5 Å². The number of fused-ring (bicyclic) bond motifs is 1. The first-order valence-electron chi connectivity index (χ1n) is 8.10. The van der Waals surface area contributed by atoms with Crippen molar-refractivity contribution in [2.24, 2.45) is 0 Å². The lowest BCUT2D eigenvalue weighted by molar-refractivity contribution is -0.127. The van der Waals surface area contributed by atoms with Crippen molar-refractivity contribution in [2.75, 3.05) is 23.7 Å². The molecule has 0 aromatic heterocycles. The maximum Gasteiger partial charge on any atom is 0.263 e. The fourth-order valence-corrected chi connectivity index (χ4v) is 3.79. The first kappa shape index (κ1) is 18.5. The van der Waals surface area contributed by atoms with Crippen molar-refractivity contribution >= 4 is 33.2 Å². The van der Waals surface area contributed by atoms with Crippen LogP contribution >= 0.6 is 11.6 Å². The van der Waals surface area contributed by atoms with E-state index in [9.17, 15) is 13.2 Å². The number of amides is 1. The first-order chi connectivity index (χ1) is 12.3. The maximum atomic E-state index is 12.4. The molecule has 138 valence electrons. The molecule has 0 bridgehead atoms. The minimum absolute atomic E-state index is 0.0530. The van der Waals surface area contributed by atoms with Gasteiger partial charge in [0.1, 0.15) is 5.75 Å². The number of halogens is 1. The fourth-order valence-electron chi connectivity index (χ4n) is 2.75. The van der Waals surface area contributed by atoms with Crippen LogP contribution in [0.3, 0.4) is 0 Å². The molecule has 1 heterocycles. The molecule has 1 aliphatic heterocycles. The Hall–Kier alpha value is -2.25. The third-order valence-electron chi connectivity index (χ3n) is 4.05. The first-order valence-corrected chi connectivity index (χ1v) is 10.3. The zero-order chi connectivity index (χ0) is 18.7. The van der Waals surface area contributed by atoms with Gasteiger partial charge in [0, 0.05) is 11.6 Å². The highest BCUT2D eigenvalue weighted by molar-refractivity contribution is 7.92. The Bertz CT molecular complexity index is 900. The molecule has 1 atom stereocenters. The number of carbonyl (C=O) groups is 1. The molecule has 0 fully saturated rings. The average molecular weight is 395 g/mol. The molecule has 3 rings (SSSR count). The molecule has 0 spiro atoms. The Morgan fingerprint density at radius 2 is 1.92 bits per heavy atom. The Morgan fingerprint density at radius 1 is 1.23 bits per heavy atom. The van der Waals surface area contributed by atoms with Crippen LogP contribution in [0.4, 0.5) is 5.69 Å². The van der Waals surface area contributed by atoms with Crippen LogP contribution in [0.5, 0.6) is 5.75 Å². The lowest BCUT2D eigenvalue weighted by Crippen LogP contribution is -2.50. The van der Waals surface area contributed by atoms with E-state index in [0.717, 1.165) is 11.8 Å². The van der Waals surface area contributed by atoms with Crippen molar-refractivity contribution in [3.63, 3.8) is 0 Å². The summed E-state index contributed by atoms with van der Waals surface area (Å²) in [6.07, 6.45) is 0.858. The summed E-state index contributed by atoms with van der Waals surface area (Å²) in [5.74, 6) is 0.0316. The molecule has 2 aromatic rings. The summed E-state index contributed by atoms with van der Waals surface area (Å²) in [6, 6.07) is 14.2. The highest BCUT2D eigenvalue weighted by atomic mass is 35.5. The van der Waals surface area contributed by atoms with Gasteiger partial charge in [-0.15, -0.1) is 0 Å². The lowest BCUT2D eigenvalue weighted by Gasteiger charge is -2.33. The Balaban J connectivity index is 1.65. The van der Waals surface area contributed by atoms with Crippen molar-refractivity contribution in [1.82, 2.24) is 5.32 Å². The molecule has 8 heteroatoms. The van der Waals surface area contributed by atoms with E-state index in [1.807, 2.05) is 12.1 Å². The summed E-state index contributed by atoms with van der Waals surface area (Å²) in [7, 11) is -3.51. The van der Waals surface area contributed by atoms with Crippen molar-refractivity contribution < 1.29 is 17.9 Å². The number of sulfonamides is 1. The number of hydrogen-bond donors (Lipinski definition) is 1. The number of anilines is 1. The number of nitrogens with zero attached hydrogens (tertiary/aromatic N) is 1. The van der Waals surface area contributed by atoms with Gasteiger partial charge in [-0.05, 0) is 36.2 Å². The van der Waals surface area contributed by atoms with Gasteiger partial charge in [0.15, 0.2) is 6.10 Å². The van der Waals surface area contributed by atoms with Crippen molar-refractivity contribution in [3.8, 4) is 5.75 Å². The molecule has 0 saturated carbocycles. The molecule has 0 aliphatic carbocycles. The van der Waals surface area contributed by atoms with Crippen LogP contribution in [0.25, 0.3) is 0 Å². The zero-order valence-electron chi connectivity index (χ0n) is 14.2. The average Bonchev–Trinajstić information content (AvgIpc) is 2.61. The van der Waals surface area contributed by atoms with E-state index in [1.165, 1.54) is 4.31 Å². The Labute approximate surface area is 157 Å². The third kappa shape index (κ3) is 4.28. The summed E-state index contributed by atoms with van der Waals surface area (Å²) in [6.45, 7) is 0.365. The van der Waals surface area contributed by atoms with Crippen LogP contribution in [-0.4, -0.2) is 39.8 Å². The number of carbonyl (C=O) groups excluding carboxylic acids is 1. The smallest absolute Gasteiger partial charge is 0.263 e. The highest BCUT2D eigenvalue weighted by Gasteiger charge is 2.34. The predicted octanol–water partition coefficient (Wildman–Crippen LogP) is 2.23. The van der Waals surface area contributed by atoms with E-state index in [2.05, 4.69) is 5.32 Å². The van der Waals surface area contributed by atoms with Crippen LogP contribution in [0, 0.1) is 0 Å². The highest BCUT2D eigenvalue weighted by Crippen LogP contribution is 2.34. The van der Waals surface area contributed by atoms with E-state index in [4.69, 9.17) is 16.3 Å². The number of hydrogen-bond acceptors (Lipinski definition) is 4. The quantitative estimate of drug-likeness (QED) is 0.843. The molecule has 1 N–H and O–H groups in total. The largest absolute Gasteiger partial charge is 0.476 e. The van der Waals surface area contributed by atoms with Crippen molar-refractivity contribution in [2.45, 2.75) is 12.5 Å². The van der Waals surface area contributed by atoms with Gasteiger partial charge in [-0.25, -0.2) is 8.42 Å². The van der Waals surface area contributed by atoms with E-state index >= 15 is 0 Å². The number of benzene rings is 2. The molecule has 1 amide bonds. The summed E-state index contributed by atoms with van der Waals surface area (Å²) in [4.78, 5) is 12.4. The fraction of sp³-hybridized carbons (Fsp3) is 0.278. The van der Waals surface area contributed by atoms with E-state index in [0.29, 0.717) is 29.4 Å². The van der Waals surface area contributed by atoms with Gasteiger partial charge in [-0.2, -0.15) is 0 Å². The minimum atomic E-state index is -3.51. The van der Waals surface area contributed by atoms with E-state index in [1.54, 1.807) is 36.4 Å². The van der Waals surface area contributed by atoms with Gasteiger partial charge >= 0.3 is 0 Å². The van der Waals surface area contributed by atoms with E-state index in [-0.39, 0.29) is 12.5 Å². The third-order valence-corrected chi connectivity index (χ3v) is 5.45. The van der Waals surface area contributed by atoms with Crippen LogP contribution < -0.4 is 14.4 Å². The Morgan fingerprint density at radius 3 is 2.62 bits per heavy atom. The summed E-state index contributed by atoms with van der Waals surface area (Å²) in [5.41, 5.74) is 1.49. The summed E-state index contributed by atoms with van der Waals surface area (Å²) < 4.78 is 31.0. The van der Waals surface area contributed by atoms with Crippen molar-refractivity contribution in [1.29, 1.82) is 0 Å². The number of rotatable bonds is 5. The van der Waals surface area contributed by atoms with Gasteiger partial charge in [-0.1, -0.05) is 35.9 Å². The molecular weight excluding hydrogens is 376 g/mol. The molecule has 0 saturated heterocycles. The van der Waals surface area contributed by atoms with Gasteiger partial charge < -0.3 is 10.1 Å². The molecule has 2 aromatic carbocycles. The molecular formula is C18H19ClN2O4S. The molecule has 0 radical (unpaired) electrons. The summed E-state index contributed by atoms with van der Waals surface area (Å²) in [5, 5.41) is 3.46. The minimum Gasteiger partial charge on any atom is -0.476 e. The topological polar surface area (TPSA) is 75.7 Å².